The molecule has 0 saturated heterocycles. The molecule has 0 spiro atoms. The highest BCUT2D eigenvalue weighted by molar-refractivity contribution is 5.74. The third-order valence-electron chi connectivity index (χ3n) is 2.16. The first-order valence-electron chi connectivity index (χ1n) is 4.92. The maximum absolute atomic E-state index is 11.1. The summed E-state index contributed by atoms with van der Waals surface area (Å²) in [4.78, 5) is 12.5. The van der Waals surface area contributed by atoms with E-state index in [1.54, 1.807) is 18.4 Å². The lowest BCUT2D eigenvalue weighted by Crippen LogP contribution is -2.42. The number of para-hydroxylation sites is 1. The number of hydrogen-bond donors (Lipinski definition) is 1. The number of urea groups is 1. The van der Waals surface area contributed by atoms with Crippen molar-refractivity contribution in [2.75, 3.05) is 0 Å². The van der Waals surface area contributed by atoms with Crippen LogP contribution in [0.5, 0.6) is 5.75 Å². The molecule has 1 aliphatic rings. The van der Waals surface area contributed by atoms with E-state index in [4.69, 9.17) is 10.5 Å². The Balaban J connectivity index is 2.12. The first-order chi connectivity index (χ1) is 7.77. The van der Waals surface area contributed by atoms with E-state index in [2.05, 4.69) is 0 Å². The number of allylic oxidation sites excluding steroid dienone is 2. The van der Waals surface area contributed by atoms with Gasteiger partial charge in [-0.3, -0.25) is 4.90 Å². The molecule has 0 bridgehead atoms. The predicted octanol–water partition coefficient (Wildman–Crippen LogP) is 1.86. The minimum atomic E-state index is -0.540. The molecule has 0 fully saturated rings. The van der Waals surface area contributed by atoms with Gasteiger partial charge >= 0.3 is 6.03 Å². The SMILES string of the molecule is NC(=O)N1C=CC=CC1Oc1ccccc1. The standard InChI is InChI=1S/C12H12N2O2/c13-12(15)14-9-5-4-8-11(14)16-10-6-2-1-3-7-10/h1-9,11H,(H2,13,15). The van der Waals surface area contributed by atoms with Crippen molar-refractivity contribution in [3.05, 3.63) is 54.8 Å². The Morgan fingerprint density at radius 1 is 1.25 bits per heavy atom. The normalized spacial score (nSPS) is 18.5. The van der Waals surface area contributed by atoms with E-state index < -0.39 is 12.3 Å². The third-order valence-corrected chi connectivity index (χ3v) is 2.16. The van der Waals surface area contributed by atoms with Crippen molar-refractivity contribution >= 4 is 6.03 Å². The average molecular weight is 216 g/mol. The molecule has 1 aliphatic heterocycles. The highest BCUT2D eigenvalue weighted by Crippen LogP contribution is 2.16. The zero-order chi connectivity index (χ0) is 11.4. The molecule has 2 N–H and O–H groups in total. The van der Waals surface area contributed by atoms with Crippen molar-refractivity contribution in [3.63, 3.8) is 0 Å². The third kappa shape index (κ3) is 2.23. The molecule has 0 saturated carbocycles. The summed E-state index contributed by atoms with van der Waals surface area (Å²) in [6.07, 6.45) is 6.42. The monoisotopic (exact) mass is 216 g/mol. The first kappa shape index (κ1) is 10.3. The molecule has 4 heteroatoms. The van der Waals surface area contributed by atoms with Gasteiger partial charge in [-0.2, -0.15) is 0 Å². The maximum Gasteiger partial charge on any atom is 0.322 e. The number of ether oxygens (including phenoxy) is 1. The van der Waals surface area contributed by atoms with E-state index in [0.29, 0.717) is 5.75 Å². The molecule has 2 rings (SSSR count). The Morgan fingerprint density at radius 3 is 2.69 bits per heavy atom. The highest BCUT2D eigenvalue weighted by Gasteiger charge is 2.20. The molecule has 0 aromatic heterocycles. The van der Waals surface area contributed by atoms with Crippen molar-refractivity contribution < 1.29 is 9.53 Å². The Labute approximate surface area is 93.6 Å². The lowest BCUT2D eigenvalue weighted by atomic mass is 10.3. The van der Waals surface area contributed by atoms with Gasteiger partial charge in [-0.15, -0.1) is 0 Å². The summed E-state index contributed by atoms with van der Waals surface area (Å²) in [6, 6.07) is 8.74. The van der Waals surface area contributed by atoms with Crippen LogP contribution in [0.15, 0.2) is 54.8 Å². The van der Waals surface area contributed by atoms with Gasteiger partial charge in [-0.05, 0) is 24.3 Å². The van der Waals surface area contributed by atoms with Crippen molar-refractivity contribution in [3.8, 4) is 5.75 Å². The summed E-state index contributed by atoms with van der Waals surface area (Å²) in [5.74, 6) is 0.693. The fraction of sp³-hybridized carbons (Fsp3) is 0.0833. The number of nitrogens with zero attached hydrogens (tertiary/aromatic N) is 1. The summed E-state index contributed by atoms with van der Waals surface area (Å²) < 4.78 is 5.62. The van der Waals surface area contributed by atoms with Gasteiger partial charge in [-0.25, -0.2) is 4.79 Å². The number of amides is 2. The molecule has 4 nitrogen and oxygen atoms in total. The number of nitrogens with two attached hydrogens (primary N) is 1. The second-order valence-corrected chi connectivity index (χ2v) is 3.29. The largest absolute Gasteiger partial charge is 0.466 e. The maximum atomic E-state index is 11.1. The van der Waals surface area contributed by atoms with E-state index in [-0.39, 0.29) is 0 Å². The molecule has 1 atom stereocenters. The van der Waals surface area contributed by atoms with Crippen molar-refractivity contribution in [1.29, 1.82) is 0 Å². The fourth-order valence-corrected chi connectivity index (χ4v) is 1.41. The van der Waals surface area contributed by atoms with Gasteiger partial charge < -0.3 is 10.5 Å². The Morgan fingerprint density at radius 2 is 2.00 bits per heavy atom. The quantitative estimate of drug-likeness (QED) is 0.820. The number of hydrogen-bond acceptors (Lipinski definition) is 2. The van der Waals surface area contributed by atoms with Crippen molar-refractivity contribution in [2.24, 2.45) is 5.73 Å². The Hall–Kier alpha value is -2.23. The number of rotatable bonds is 2. The molecule has 2 amide bonds. The van der Waals surface area contributed by atoms with Crippen LogP contribution in [0, 0.1) is 0 Å². The van der Waals surface area contributed by atoms with Crippen LogP contribution in [0.4, 0.5) is 4.79 Å². The second kappa shape index (κ2) is 4.53. The van der Waals surface area contributed by atoms with Crippen LogP contribution < -0.4 is 10.5 Å². The zero-order valence-electron chi connectivity index (χ0n) is 8.61. The molecule has 1 unspecified atom stereocenters. The Kier molecular flexibility index (Phi) is 2.91. The number of carbonyl (C=O) groups is 1. The van der Waals surface area contributed by atoms with E-state index in [1.165, 1.54) is 4.90 Å². The smallest absolute Gasteiger partial charge is 0.322 e. The van der Waals surface area contributed by atoms with E-state index >= 15 is 0 Å². The molecule has 1 heterocycles. The molecule has 16 heavy (non-hydrogen) atoms. The van der Waals surface area contributed by atoms with Gasteiger partial charge in [0, 0.05) is 6.20 Å². The number of carbonyl (C=O) groups excluding carboxylic acids is 1. The molecule has 0 radical (unpaired) electrons. The molecule has 0 aliphatic carbocycles. The Bertz CT molecular complexity index is 426. The minimum absolute atomic E-state index is 0.482. The van der Waals surface area contributed by atoms with E-state index in [0.717, 1.165) is 0 Å². The summed E-state index contributed by atoms with van der Waals surface area (Å²) >= 11 is 0. The molecular weight excluding hydrogens is 204 g/mol. The zero-order valence-corrected chi connectivity index (χ0v) is 8.61. The number of primary amides is 1. The minimum Gasteiger partial charge on any atom is -0.466 e. The number of benzene rings is 1. The summed E-state index contributed by atoms with van der Waals surface area (Å²) in [6.45, 7) is 0. The second-order valence-electron chi connectivity index (χ2n) is 3.29. The van der Waals surface area contributed by atoms with Crippen LogP contribution in [-0.2, 0) is 0 Å². The molecular formula is C12H12N2O2. The molecule has 1 aromatic rings. The van der Waals surface area contributed by atoms with Gasteiger partial charge in [0.15, 0.2) is 6.23 Å². The van der Waals surface area contributed by atoms with Gasteiger partial charge in [0.05, 0.1) is 0 Å². The summed E-state index contributed by atoms with van der Waals surface area (Å²) in [5, 5.41) is 0. The van der Waals surface area contributed by atoms with Crippen LogP contribution in [0.3, 0.4) is 0 Å². The van der Waals surface area contributed by atoms with Crippen molar-refractivity contribution in [2.45, 2.75) is 6.23 Å². The van der Waals surface area contributed by atoms with Crippen molar-refractivity contribution in [1.82, 2.24) is 4.90 Å². The summed E-state index contributed by atoms with van der Waals surface area (Å²) in [7, 11) is 0. The van der Waals surface area contributed by atoms with Gasteiger partial charge in [-0.1, -0.05) is 24.3 Å². The average Bonchev–Trinajstić information content (AvgIpc) is 2.31. The lowest BCUT2D eigenvalue weighted by molar-refractivity contribution is 0.120. The molecule has 1 aromatic carbocycles. The van der Waals surface area contributed by atoms with Gasteiger partial charge in [0.1, 0.15) is 5.75 Å². The van der Waals surface area contributed by atoms with E-state index in [1.807, 2.05) is 36.4 Å². The van der Waals surface area contributed by atoms with Crippen LogP contribution >= 0.6 is 0 Å². The highest BCUT2D eigenvalue weighted by atomic mass is 16.5. The van der Waals surface area contributed by atoms with Crippen LogP contribution in [0.2, 0.25) is 0 Å². The fourth-order valence-electron chi connectivity index (χ4n) is 1.41. The summed E-state index contributed by atoms with van der Waals surface area (Å²) in [5.41, 5.74) is 5.23. The topological polar surface area (TPSA) is 55.6 Å². The molecule has 82 valence electrons. The van der Waals surface area contributed by atoms with Crippen LogP contribution in [0.1, 0.15) is 0 Å². The van der Waals surface area contributed by atoms with E-state index in [9.17, 15) is 4.79 Å². The van der Waals surface area contributed by atoms with Crippen LogP contribution in [-0.4, -0.2) is 17.2 Å². The predicted molar refractivity (Wildman–Crippen MR) is 60.6 cm³/mol. The first-order valence-corrected chi connectivity index (χ1v) is 4.92. The van der Waals surface area contributed by atoms with Gasteiger partial charge in [0.25, 0.3) is 0 Å². The van der Waals surface area contributed by atoms with Crippen LogP contribution in [0.25, 0.3) is 0 Å². The van der Waals surface area contributed by atoms with Gasteiger partial charge in [0.2, 0.25) is 0 Å². The lowest BCUT2D eigenvalue weighted by Gasteiger charge is -2.27.